The first-order chi connectivity index (χ1) is 14.0. The van der Waals surface area contributed by atoms with Crippen molar-refractivity contribution in [2.45, 2.75) is 12.8 Å². The van der Waals surface area contributed by atoms with Gasteiger partial charge in [0.2, 0.25) is 5.95 Å². The number of ether oxygens (including phenoxy) is 1. The van der Waals surface area contributed by atoms with Crippen molar-refractivity contribution in [3.8, 4) is 5.75 Å². The molecule has 0 radical (unpaired) electrons. The van der Waals surface area contributed by atoms with Gasteiger partial charge in [-0.25, -0.2) is 19.8 Å². The van der Waals surface area contributed by atoms with E-state index in [1.54, 1.807) is 29.5 Å². The van der Waals surface area contributed by atoms with Gasteiger partial charge in [-0.3, -0.25) is 14.3 Å². The fourth-order valence-electron chi connectivity index (χ4n) is 2.71. The summed E-state index contributed by atoms with van der Waals surface area (Å²) in [5.74, 6) is -0.553. The van der Waals surface area contributed by atoms with Crippen LogP contribution >= 0.6 is 0 Å². The topological polar surface area (TPSA) is 103 Å². The fraction of sp³-hybridized carbons (Fsp3) is 0.263. The highest BCUT2D eigenvalue weighted by Gasteiger charge is 2.16. The van der Waals surface area contributed by atoms with Gasteiger partial charge in [-0.15, -0.1) is 0 Å². The number of rotatable bonds is 8. The van der Waals surface area contributed by atoms with Gasteiger partial charge in [0.1, 0.15) is 0 Å². The van der Waals surface area contributed by atoms with Crippen LogP contribution in [0.1, 0.15) is 21.5 Å². The van der Waals surface area contributed by atoms with Crippen LogP contribution in [0.15, 0.2) is 36.9 Å². The minimum Gasteiger partial charge on any atom is -0.494 e. The van der Waals surface area contributed by atoms with Gasteiger partial charge in [0.15, 0.2) is 11.6 Å². The number of aryl methyl sites for hydroxylation is 3. The first kappa shape index (κ1) is 20.2. The molecule has 0 saturated heterocycles. The van der Waals surface area contributed by atoms with Crippen molar-refractivity contribution in [2.75, 3.05) is 19.5 Å². The van der Waals surface area contributed by atoms with E-state index in [0.717, 1.165) is 11.3 Å². The molecular formula is C19H21FN6O3. The van der Waals surface area contributed by atoms with Gasteiger partial charge in [-0.05, 0) is 36.1 Å². The van der Waals surface area contributed by atoms with E-state index >= 15 is 0 Å². The maximum atomic E-state index is 14.6. The molecule has 29 heavy (non-hydrogen) atoms. The Hall–Kier alpha value is -3.53. The lowest BCUT2D eigenvalue weighted by atomic mass is 10.0. The van der Waals surface area contributed by atoms with Crippen molar-refractivity contribution in [2.24, 2.45) is 7.05 Å². The molecule has 0 spiro atoms. The zero-order chi connectivity index (χ0) is 20.8. The molecule has 3 aromatic rings. The first-order valence-corrected chi connectivity index (χ1v) is 8.76. The summed E-state index contributed by atoms with van der Waals surface area (Å²) in [5.41, 5.74) is 4.41. The quantitative estimate of drug-likeness (QED) is 0.559. The van der Waals surface area contributed by atoms with Crippen LogP contribution in [0.5, 0.6) is 5.75 Å². The molecule has 0 aliphatic rings. The van der Waals surface area contributed by atoms with E-state index in [2.05, 4.69) is 30.7 Å². The maximum absolute atomic E-state index is 14.6. The highest BCUT2D eigenvalue weighted by atomic mass is 19.1. The predicted octanol–water partition coefficient (Wildman–Crippen LogP) is 2.18. The third kappa shape index (κ3) is 5.05. The lowest BCUT2D eigenvalue weighted by molar-refractivity contribution is 0.0537. The Morgan fingerprint density at radius 3 is 2.55 bits per heavy atom. The summed E-state index contributed by atoms with van der Waals surface area (Å²) in [4.78, 5) is 25.1. The van der Waals surface area contributed by atoms with Gasteiger partial charge in [0.25, 0.3) is 5.91 Å². The maximum Gasteiger partial charge on any atom is 0.274 e. The van der Waals surface area contributed by atoms with Gasteiger partial charge in [0, 0.05) is 31.2 Å². The Kier molecular flexibility index (Phi) is 6.35. The van der Waals surface area contributed by atoms with Crippen LogP contribution in [0.3, 0.4) is 0 Å². The van der Waals surface area contributed by atoms with Gasteiger partial charge >= 0.3 is 0 Å². The molecular weight excluding hydrogens is 379 g/mol. The molecule has 9 nitrogen and oxygen atoms in total. The number of methoxy groups -OCH3 is 1. The van der Waals surface area contributed by atoms with Gasteiger partial charge in [0.05, 0.1) is 26.1 Å². The Morgan fingerprint density at radius 2 is 1.93 bits per heavy atom. The van der Waals surface area contributed by atoms with E-state index in [1.807, 2.05) is 7.05 Å². The molecule has 0 aliphatic heterocycles. The lowest BCUT2D eigenvalue weighted by Gasteiger charge is -2.11. The van der Waals surface area contributed by atoms with Crippen LogP contribution in [0.4, 0.5) is 16.0 Å². The molecule has 0 atom stereocenters. The highest BCUT2D eigenvalue weighted by molar-refractivity contribution is 5.94. The number of carbonyl (C=O) groups excluding carboxylic acids is 1. The van der Waals surface area contributed by atoms with Crippen LogP contribution in [0.25, 0.3) is 0 Å². The van der Waals surface area contributed by atoms with E-state index in [4.69, 9.17) is 4.74 Å². The Bertz CT molecular complexity index is 990. The summed E-state index contributed by atoms with van der Waals surface area (Å²) in [6.45, 7) is 0. The third-order valence-corrected chi connectivity index (χ3v) is 4.14. The minimum absolute atomic E-state index is 0.00368. The monoisotopic (exact) mass is 400 g/mol. The number of amides is 1. The van der Waals surface area contributed by atoms with E-state index in [0.29, 0.717) is 24.4 Å². The van der Waals surface area contributed by atoms with Crippen molar-refractivity contribution < 1.29 is 18.8 Å². The van der Waals surface area contributed by atoms with Gasteiger partial charge < -0.3 is 10.1 Å². The van der Waals surface area contributed by atoms with Crippen LogP contribution in [-0.2, 0) is 24.7 Å². The summed E-state index contributed by atoms with van der Waals surface area (Å²) in [5, 5.41) is 7.11. The molecule has 10 heteroatoms. The number of nitrogens with one attached hydrogen (secondary N) is 2. The molecule has 2 N–H and O–H groups in total. The number of nitrogens with zero attached hydrogens (tertiary/aromatic N) is 4. The number of anilines is 2. The summed E-state index contributed by atoms with van der Waals surface area (Å²) in [7, 11) is 4.49. The summed E-state index contributed by atoms with van der Waals surface area (Å²) in [6, 6.07) is 2.81. The number of carbonyl (C=O) groups is 1. The highest BCUT2D eigenvalue weighted by Crippen LogP contribution is 2.24. The smallest absolute Gasteiger partial charge is 0.274 e. The van der Waals surface area contributed by atoms with Crippen LogP contribution in [0.2, 0.25) is 0 Å². The lowest BCUT2D eigenvalue weighted by Crippen LogP contribution is -2.22. The fourth-order valence-corrected chi connectivity index (χ4v) is 2.71. The number of aromatic nitrogens is 4. The first-order valence-electron chi connectivity index (χ1n) is 8.76. The van der Waals surface area contributed by atoms with E-state index < -0.39 is 11.7 Å². The largest absolute Gasteiger partial charge is 0.494 e. The number of hydrogen-bond acceptors (Lipinski definition) is 7. The normalized spacial score (nSPS) is 10.6. The van der Waals surface area contributed by atoms with Gasteiger partial charge in [-0.2, -0.15) is 5.10 Å². The van der Waals surface area contributed by atoms with Crippen molar-refractivity contribution in [3.63, 3.8) is 0 Å². The molecule has 3 rings (SSSR count). The molecule has 1 amide bonds. The summed E-state index contributed by atoms with van der Waals surface area (Å²) >= 11 is 0. The van der Waals surface area contributed by atoms with Crippen LogP contribution in [-0.4, -0.2) is 39.9 Å². The average Bonchev–Trinajstić information content (AvgIpc) is 3.13. The predicted molar refractivity (Wildman–Crippen MR) is 103 cm³/mol. The van der Waals surface area contributed by atoms with E-state index in [-0.39, 0.29) is 11.3 Å². The number of benzene rings is 1. The Morgan fingerprint density at radius 1 is 1.17 bits per heavy atom. The molecule has 0 unspecified atom stereocenters. The number of hydrogen-bond donors (Lipinski definition) is 2. The van der Waals surface area contributed by atoms with Crippen molar-refractivity contribution >= 4 is 17.5 Å². The van der Waals surface area contributed by atoms with Crippen molar-refractivity contribution in [1.82, 2.24) is 25.2 Å². The Labute approximate surface area is 166 Å². The molecule has 152 valence electrons. The molecule has 2 heterocycles. The van der Waals surface area contributed by atoms with Crippen molar-refractivity contribution in [1.29, 1.82) is 0 Å². The Balaban J connectivity index is 1.70. The molecule has 0 saturated carbocycles. The molecule has 0 fully saturated rings. The number of halogens is 1. The second kappa shape index (κ2) is 9.11. The van der Waals surface area contributed by atoms with Crippen LogP contribution < -0.4 is 15.5 Å². The summed E-state index contributed by atoms with van der Waals surface area (Å²) < 4.78 is 21.3. The molecule has 0 bridgehead atoms. The zero-order valence-corrected chi connectivity index (χ0v) is 16.3. The van der Waals surface area contributed by atoms with E-state index in [9.17, 15) is 9.18 Å². The SMILES string of the molecule is CONC(=O)c1cc(CCc2cnc(Nc3cnn(C)c3)nc2)c(F)c(OC)c1. The molecule has 0 aliphatic carbocycles. The van der Waals surface area contributed by atoms with Gasteiger partial charge in [-0.1, -0.05) is 0 Å². The zero-order valence-electron chi connectivity index (χ0n) is 16.3. The third-order valence-electron chi connectivity index (χ3n) is 4.14. The average molecular weight is 400 g/mol. The van der Waals surface area contributed by atoms with Crippen LogP contribution in [0, 0.1) is 5.82 Å². The second-order valence-electron chi connectivity index (χ2n) is 6.23. The minimum atomic E-state index is -0.503. The number of hydroxylamine groups is 1. The second-order valence-corrected chi connectivity index (χ2v) is 6.23. The standard InChI is InChI=1S/C19H21FN6O3/c1-26-11-15(10-23-26)24-19-21-8-12(9-22-19)4-5-13-6-14(18(27)25-29-3)7-16(28-2)17(13)20/h6-11H,4-5H2,1-3H3,(H,25,27)(H,21,22,24). The molecule has 1 aromatic carbocycles. The van der Waals surface area contributed by atoms with E-state index in [1.165, 1.54) is 26.4 Å². The van der Waals surface area contributed by atoms with Crippen molar-refractivity contribution in [3.05, 3.63) is 59.4 Å². The summed E-state index contributed by atoms with van der Waals surface area (Å²) in [6.07, 6.45) is 7.64. The molecule has 2 aromatic heterocycles.